The van der Waals surface area contributed by atoms with Crippen LogP contribution in [0.3, 0.4) is 0 Å². The number of rotatable bonds is 5. The van der Waals surface area contributed by atoms with Gasteiger partial charge in [0.05, 0.1) is 0 Å². The number of fused-ring (bicyclic) bond motifs is 1. The van der Waals surface area contributed by atoms with Crippen LogP contribution in [-0.2, 0) is 4.79 Å². The van der Waals surface area contributed by atoms with E-state index in [2.05, 4.69) is 17.2 Å². The van der Waals surface area contributed by atoms with Crippen molar-refractivity contribution in [3.05, 3.63) is 54.1 Å². The molecule has 1 heterocycles. The van der Waals surface area contributed by atoms with Crippen LogP contribution in [0.2, 0.25) is 0 Å². The van der Waals surface area contributed by atoms with Gasteiger partial charge in [-0.15, -0.1) is 0 Å². The summed E-state index contributed by atoms with van der Waals surface area (Å²) in [4.78, 5) is 31.8. The van der Waals surface area contributed by atoms with Crippen LogP contribution in [0, 0.1) is 5.92 Å². The van der Waals surface area contributed by atoms with Gasteiger partial charge in [0.25, 0.3) is 5.91 Å². The maximum absolute atomic E-state index is 13.0. The maximum atomic E-state index is 13.0. The van der Waals surface area contributed by atoms with Gasteiger partial charge in [-0.05, 0) is 75.4 Å². The zero-order chi connectivity index (χ0) is 21.6. The van der Waals surface area contributed by atoms with Crippen molar-refractivity contribution < 1.29 is 14.0 Å². The third-order valence-electron chi connectivity index (χ3n) is 6.74. The summed E-state index contributed by atoms with van der Waals surface area (Å²) in [6.45, 7) is 2.09. The normalized spacial score (nSPS) is 21.7. The molecule has 0 spiro atoms. The number of carbonyl (C=O) groups excluding carboxylic acids is 2. The van der Waals surface area contributed by atoms with Crippen molar-refractivity contribution >= 4 is 22.9 Å². The Morgan fingerprint density at radius 1 is 1.10 bits per heavy atom. The van der Waals surface area contributed by atoms with E-state index in [4.69, 9.17) is 4.42 Å². The van der Waals surface area contributed by atoms with Gasteiger partial charge in [-0.25, -0.2) is 4.98 Å². The smallest absolute Gasteiger partial charge is 0.253 e. The van der Waals surface area contributed by atoms with Crippen LogP contribution in [0.15, 0.2) is 52.9 Å². The SMILES string of the molecule is CN(C(=O)c1ccc(-c2nc3ccccc3o2)cc1)[C@@H]1CC[C@H](C(=O)NC2(C)CC2)C1. The second-order valence-electron chi connectivity index (χ2n) is 9.19. The molecule has 160 valence electrons. The predicted octanol–water partition coefficient (Wildman–Crippen LogP) is 4.40. The fourth-order valence-corrected chi connectivity index (χ4v) is 4.38. The molecule has 2 aliphatic rings. The Bertz CT molecular complexity index is 1100. The number of nitrogens with zero attached hydrogens (tertiary/aromatic N) is 2. The van der Waals surface area contributed by atoms with Crippen LogP contribution in [-0.4, -0.2) is 40.3 Å². The minimum Gasteiger partial charge on any atom is -0.436 e. The number of hydrogen-bond donors (Lipinski definition) is 1. The first-order chi connectivity index (χ1) is 14.9. The number of amides is 2. The Morgan fingerprint density at radius 2 is 1.84 bits per heavy atom. The van der Waals surface area contributed by atoms with Crippen molar-refractivity contribution in [2.75, 3.05) is 7.05 Å². The lowest BCUT2D eigenvalue weighted by atomic mass is 10.1. The molecule has 2 aliphatic carbocycles. The van der Waals surface area contributed by atoms with Gasteiger partial charge >= 0.3 is 0 Å². The van der Waals surface area contributed by atoms with E-state index < -0.39 is 0 Å². The molecular weight excluding hydrogens is 390 g/mol. The molecule has 31 heavy (non-hydrogen) atoms. The minimum atomic E-state index is -0.0238. The van der Waals surface area contributed by atoms with Crippen LogP contribution in [0.4, 0.5) is 0 Å². The lowest BCUT2D eigenvalue weighted by Crippen LogP contribution is -2.39. The highest BCUT2D eigenvalue weighted by Crippen LogP contribution is 2.36. The van der Waals surface area contributed by atoms with E-state index in [1.165, 1.54) is 0 Å². The number of aromatic nitrogens is 1. The summed E-state index contributed by atoms with van der Waals surface area (Å²) < 4.78 is 5.81. The molecular formula is C25H27N3O3. The molecule has 5 rings (SSSR count). The molecule has 0 unspecified atom stereocenters. The molecule has 2 aromatic carbocycles. The molecule has 2 amide bonds. The van der Waals surface area contributed by atoms with Crippen molar-refractivity contribution in [1.29, 1.82) is 0 Å². The number of para-hydroxylation sites is 2. The molecule has 2 atom stereocenters. The lowest BCUT2D eigenvalue weighted by molar-refractivity contribution is -0.125. The van der Waals surface area contributed by atoms with Crippen molar-refractivity contribution in [3.8, 4) is 11.5 Å². The first-order valence-electron chi connectivity index (χ1n) is 11.0. The lowest BCUT2D eigenvalue weighted by Gasteiger charge is -2.25. The zero-order valence-corrected chi connectivity index (χ0v) is 17.9. The van der Waals surface area contributed by atoms with Gasteiger partial charge in [0.15, 0.2) is 5.58 Å². The maximum Gasteiger partial charge on any atom is 0.253 e. The highest BCUT2D eigenvalue weighted by atomic mass is 16.3. The first-order valence-corrected chi connectivity index (χ1v) is 11.0. The quantitative estimate of drug-likeness (QED) is 0.667. The molecule has 0 radical (unpaired) electrons. The van der Waals surface area contributed by atoms with Crippen LogP contribution in [0.1, 0.15) is 49.4 Å². The molecule has 6 nitrogen and oxygen atoms in total. The number of hydrogen-bond acceptors (Lipinski definition) is 4. The highest BCUT2D eigenvalue weighted by molar-refractivity contribution is 5.95. The summed E-state index contributed by atoms with van der Waals surface area (Å²) in [5.41, 5.74) is 3.02. The molecule has 0 saturated heterocycles. The summed E-state index contributed by atoms with van der Waals surface area (Å²) in [6.07, 6.45) is 4.55. The summed E-state index contributed by atoms with van der Waals surface area (Å²) >= 11 is 0. The van der Waals surface area contributed by atoms with Crippen LogP contribution in [0.25, 0.3) is 22.6 Å². The molecule has 1 N–H and O–H groups in total. The number of nitrogens with one attached hydrogen (secondary N) is 1. The third kappa shape index (κ3) is 3.94. The number of benzene rings is 2. The Hall–Kier alpha value is -3.15. The van der Waals surface area contributed by atoms with E-state index in [1.54, 1.807) is 4.90 Å². The largest absolute Gasteiger partial charge is 0.436 e. The fourth-order valence-electron chi connectivity index (χ4n) is 4.38. The molecule has 2 fully saturated rings. The van der Waals surface area contributed by atoms with Gasteiger partial charge in [-0.1, -0.05) is 12.1 Å². The molecule has 0 bridgehead atoms. The minimum absolute atomic E-state index is 0.000731. The van der Waals surface area contributed by atoms with E-state index in [0.717, 1.165) is 48.8 Å². The average Bonchev–Trinajstić information content (AvgIpc) is 3.20. The van der Waals surface area contributed by atoms with Gasteiger partial charge in [0.1, 0.15) is 5.52 Å². The zero-order valence-electron chi connectivity index (χ0n) is 17.9. The van der Waals surface area contributed by atoms with Crippen molar-refractivity contribution in [2.45, 2.75) is 50.6 Å². The van der Waals surface area contributed by atoms with Crippen molar-refractivity contribution in [3.63, 3.8) is 0 Å². The van der Waals surface area contributed by atoms with E-state index in [0.29, 0.717) is 11.5 Å². The summed E-state index contributed by atoms with van der Waals surface area (Å²) in [7, 11) is 1.84. The van der Waals surface area contributed by atoms with Gasteiger partial charge in [0.2, 0.25) is 11.8 Å². The molecule has 3 aromatic rings. The summed E-state index contributed by atoms with van der Waals surface area (Å²) in [6, 6.07) is 15.1. The first kappa shape index (κ1) is 19.8. The summed E-state index contributed by atoms with van der Waals surface area (Å²) in [5, 5.41) is 3.17. The van der Waals surface area contributed by atoms with Gasteiger partial charge < -0.3 is 14.6 Å². The predicted molar refractivity (Wildman–Crippen MR) is 118 cm³/mol. The van der Waals surface area contributed by atoms with Crippen LogP contribution in [0.5, 0.6) is 0 Å². The van der Waals surface area contributed by atoms with Crippen LogP contribution < -0.4 is 5.32 Å². The monoisotopic (exact) mass is 417 g/mol. The Balaban J connectivity index is 1.24. The topological polar surface area (TPSA) is 75.4 Å². The van der Waals surface area contributed by atoms with E-state index in [9.17, 15) is 9.59 Å². The number of carbonyl (C=O) groups is 2. The van der Waals surface area contributed by atoms with Crippen molar-refractivity contribution in [2.24, 2.45) is 5.92 Å². The van der Waals surface area contributed by atoms with Gasteiger partial charge in [-0.3, -0.25) is 9.59 Å². The molecule has 0 aliphatic heterocycles. The summed E-state index contributed by atoms with van der Waals surface area (Å²) in [5.74, 6) is 0.664. The Kier molecular flexibility index (Phi) is 4.80. The second-order valence-corrected chi connectivity index (χ2v) is 9.19. The highest BCUT2D eigenvalue weighted by Gasteiger charge is 2.42. The Morgan fingerprint density at radius 3 is 2.55 bits per heavy atom. The van der Waals surface area contributed by atoms with Gasteiger partial charge in [0, 0.05) is 35.7 Å². The average molecular weight is 418 g/mol. The molecule has 1 aromatic heterocycles. The standard InChI is InChI=1S/C25H27N3O3/c1-25(13-14-25)27-22(29)18-11-12-19(15-18)28(2)24(30)17-9-7-16(8-10-17)23-26-20-5-3-4-6-21(20)31-23/h3-10,18-19H,11-15H2,1-2H3,(H,27,29)/t18-,19+/m0/s1. The van der Waals surface area contributed by atoms with E-state index >= 15 is 0 Å². The molecule has 2 saturated carbocycles. The Labute approximate surface area is 181 Å². The molecule has 6 heteroatoms. The van der Waals surface area contributed by atoms with Crippen molar-refractivity contribution in [1.82, 2.24) is 15.2 Å². The van der Waals surface area contributed by atoms with E-state index in [1.807, 2.05) is 55.6 Å². The van der Waals surface area contributed by atoms with Gasteiger partial charge in [-0.2, -0.15) is 0 Å². The fraction of sp³-hybridized carbons (Fsp3) is 0.400. The number of oxazole rings is 1. The second kappa shape index (κ2) is 7.52. The third-order valence-corrected chi connectivity index (χ3v) is 6.74. The van der Waals surface area contributed by atoms with Crippen LogP contribution >= 0.6 is 0 Å². The van der Waals surface area contributed by atoms with E-state index in [-0.39, 0.29) is 29.3 Å².